The van der Waals surface area contributed by atoms with E-state index >= 15 is 0 Å². The molecular weight excluding hydrogens is 504 g/mol. The molecular formula is C29H48N2O8. The zero-order valence-electron chi connectivity index (χ0n) is 23.7. The van der Waals surface area contributed by atoms with Crippen LogP contribution < -0.4 is 0 Å². The number of nitrogens with zero attached hydrogens (tertiary/aromatic N) is 2. The number of carbonyl (C=O) groups is 1. The summed E-state index contributed by atoms with van der Waals surface area (Å²) in [6.45, 7) is 5.91. The lowest BCUT2D eigenvalue weighted by atomic mass is 9.99. The fourth-order valence-corrected chi connectivity index (χ4v) is 4.36. The van der Waals surface area contributed by atoms with Gasteiger partial charge in [-0.2, -0.15) is 0 Å². The van der Waals surface area contributed by atoms with E-state index in [1.165, 1.54) is 77.1 Å². The summed E-state index contributed by atoms with van der Waals surface area (Å²) in [7, 11) is 0. The zero-order chi connectivity index (χ0) is 28.6. The number of aromatic nitrogens is 2. The van der Waals surface area contributed by atoms with E-state index in [1.807, 2.05) is 0 Å². The van der Waals surface area contributed by atoms with Gasteiger partial charge in [0.25, 0.3) is 0 Å². The normalized spacial score (nSPS) is 16.4. The number of oxazole rings is 2. The Kier molecular flexibility index (Phi) is 15.3. The van der Waals surface area contributed by atoms with Gasteiger partial charge in [-0.15, -0.1) is 0 Å². The number of aliphatic hydroxyl groups excluding tert-OH is 4. The molecule has 0 fully saturated rings. The first kappa shape index (κ1) is 32.9. The maximum absolute atomic E-state index is 12.6. The van der Waals surface area contributed by atoms with Gasteiger partial charge in [0, 0.05) is 12.8 Å². The molecule has 39 heavy (non-hydrogen) atoms. The summed E-state index contributed by atoms with van der Waals surface area (Å²) in [6.07, 6.45) is 10.4. The molecule has 0 saturated heterocycles. The standard InChI is InChI=1S/C29H48N2O8/c1-4-20(2)14-12-10-8-6-5-7-9-11-13-15-26(35)39-28(25-17-30-19-38-25)29-31-22(18-37-29)23(33)16-24(34)27(36)21(3)32/h17-21,23-24,27-28,32-34,36H,4-16H2,1-3H3/t20?,21-,23+,24-,27+,28?/m0/s1. The van der Waals surface area contributed by atoms with Gasteiger partial charge in [0.1, 0.15) is 24.2 Å². The van der Waals surface area contributed by atoms with Crippen molar-refractivity contribution < 1.29 is 38.8 Å². The number of ether oxygens (including phenoxy) is 1. The molecule has 0 aliphatic heterocycles. The third-order valence-corrected chi connectivity index (χ3v) is 7.19. The monoisotopic (exact) mass is 552 g/mol. The van der Waals surface area contributed by atoms with Crippen molar-refractivity contribution >= 4 is 5.97 Å². The second-order valence-electron chi connectivity index (χ2n) is 10.7. The summed E-state index contributed by atoms with van der Waals surface area (Å²) in [4.78, 5) is 20.6. The minimum atomic E-state index is -1.42. The van der Waals surface area contributed by atoms with Gasteiger partial charge in [-0.25, -0.2) is 9.97 Å². The van der Waals surface area contributed by atoms with Crippen LogP contribution in [0, 0.1) is 5.92 Å². The summed E-state index contributed by atoms with van der Waals surface area (Å²) in [5, 5.41) is 39.6. The highest BCUT2D eigenvalue weighted by Gasteiger charge is 2.30. The molecule has 2 heterocycles. The first-order valence-corrected chi connectivity index (χ1v) is 14.5. The molecule has 10 nitrogen and oxygen atoms in total. The third kappa shape index (κ3) is 12.2. The molecule has 0 amide bonds. The smallest absolute Gasteiger partial charge is 0.307 e. The van der Waals surface area contributed by atoms with Crippen molar-refractivity contribution in [3.05, 3.63) is 36.2 Å². The third-order valence-electron chi connectivity index (χ3n) is 7.19. The lowest BCUT2D eigenvalue weighted by Crippen LogP contribution is -2.36. The van der Waals surface area contributed by atoms with Crippen LogP contribution >= 0.6 is 0 Å². The van der Waals surface area contributed by atoms with Gasteiger partial charge in [0.05, 0.1) is 18.4 Å². The van der Waals surface area contributed by atoms with Crippen LogP contribution in [0.5, 0.6) is 0 Å². The molecule has 0 radical (unpaired) electrons. The number of hydrogen-bond donors (Lipinski definition) is 4. The van der Waals surface area contributed by atoms with Crippen LogP contribution in [0.4, 0.5) is 0 Å². The molecule has 0 spiro atoms. The summed E-state index contributed by atoms with van der Waals surface area (Å²) in [5.74, 6) is 0.628. The summed E-state index contributed by atoms with van der Waals surface area (Å²) < 4.78 is 16.4. The molecule has 0 bridgehead atoms. The molecule has 0 saturated carbocycles. The van der Waals surface area contributed by atoms with E-state index in [4.69, 9.17) is 13.6 Å². The topological polar surface area (TPSA) is 159 Å². The van der Waals surface area contributed by atoms with E-state index in [1.54, 1.807) is 0 Å². The minimum Gasteiger partial charge on any atom is -0.445 e. The van der Waals surface area contributed by atoms with Crippen LogP contribution in [0.15, 0.2) is 27.7 Å². The minimum absolute atomic E-state index is 0.0103. The van der Waals surface area contributed by atoms with Crippen LogP contribution in [0.1, 0.15) is 134 Å². The van der Waals surface area contributed by atoms with Gasteiger partial charge in [-0.05, 0) is 19.3 Å². The number of aliphatic hydroxyl groups is 4. The maximum atomic E-state index is 12.6. The molecule has 6 atom stereocenters. The summed E-state index contributed by atoms with van der Waals surface area (Å²) in [5.41, 5.74) is 0.0814. The van der Waals surface area contributed by atoms with Crippen molar-refractivity contribution in [2.75, 3.05) is 0 Å². The Hall–Kier alpha value is -2.27. The number of esters is 1. The Morgan fingerprint density at radius 3 is 2.18 bits per heavy atom. The van der Waals surface area contributed by atoms with Gasteiger partial charge in [0.15, 0.2) is 12.2 Å². The van der Waals surface area contributed by atoms with Crippen molar-refractivity contribution in [3.63, 3.8) is 0 Å². The maximum Gasteiger partial charge on any atom is 0.307 e. The fourth-order valence-electron chi connectivity index (χ4n) is 4.36. The Morgan fingerprint density at radius 1 is 0.949 bits per heavy atom. The number of carbonyl (C=O) groups excluding carboxylic acids is 1. The highest BCUT2D eigenvalue weighted by Crippen LogP contribution is 2.29. The lowest BCUT2D eigenvalue weighted by molar-refractivity contribution is -0.149. The van der Waals surface area contributed by atoms with E-state index in [0.717, 1.165) is 25.2 Å². The zero-order valence-corrected chi connectivity index (χ0v) is 23.7. The van der Waals surface area contributed by atoms with E-state index in [-0.39, 0.29) is 30.2 Å². The summed E-state index contributed by atoms with van der Waals surface area (Å²) in [6, 6.07) is 0. The number of hydrogen-bond acceptors (Lipinski definition) is 10. The van der Waals surface area contributed by atoms with Crippen molar-refractivity contribution in [1.82, 2.24) is 9.97 Å². The molecule has 0 aromatic carbocycles. The van der Waals surface area contributed by atoms with Gasteiger partial charge in [0.2, 0.25) is 12.0 Å². The second-order valence-corrected chi connectivity index (χ2v) is 10.7. The first-order valence-electron chi connectivity index (χ1n) is 14.5. The molecule has 2 aromatic heterocycles. The second kappa shape index (κ2) is 18.1. The average Bonchev–Trinajstić information content (AvgIpc) is 3.62. The summed E-state index contributed by atoms with van der Waals surface area (Å²) >= 11 is 0. The quantitative estimate of drug-likeness (QED) is 0.120. The molecule has 2 aromatic rings. The number of unbranched alkanes of at least 4 members (excludes halogenated alkanes) is 8. The first-order chi connectivity index (χ1) is 18.7. The Bertz CT molecular complexity index is 901. The van der Waals surface area contributed by atoms with Gasteiger partial charge >= 0.3 is 5.97 Å². The van der Waals surface area contributed by atoms with Crippen LogP contribution in [0.3, 0.4) is 0 Å². The average molecular weight is 553 g/mol. The Balaban J connectivity index is 1.74. The van der Waals surface area contributed by atoms with Gasteiger partial charge in [-0.3, -0.25) is 4.79 Å². The van der Waals surface area contributed by atoms with Crippen molar-refractivity contribution in [2.24, 2.45) is 5.92 Å². The molecule has 4 N–H and O–H groups in total. The predicted molar refractivity (Wildman–Crippen MR) is 144 cm³/mol. The van der Waals surface area contributed by atoms with E-state index in [0.29, 0.717) is 0 Å². The SMILES string of the molecule is CCC(C)CCCCCCCCCCCC(=O)OC(c1cnco1)c1nc([C@H](O)C[C@H](O)[C@H](O)[C@H](C)O)co1. The predicted octanol–water partition coefficient (Wildman–Crippen LogP) is 5.16. The molecule has 0 aliphatic carbocycles. The van der Waals surface area contributed by atoms with E-state index in [2.05, 4.69) is 23.8 Å². The van der Waals surface area contributed by atoms with Gasteiger partial charge < -0.3 is 34.0 Å². The molecule has 0 aliphatic rings. The molecule has 10 heteroatoms. The fraction of sp³-hybridized carbons (Fsp3) is 0.759. The van der Waals surface area contributed by atoms with Crippen molar-refractivity contribution in [3.8, 4) is 0 Å². The van der Waals surface area contributed by atoms with E-state index < -0.39 is 36.5 Å². The van der Waals surface area contributed by atoms with Gasteiger partial charge in [-0.1, -0.05) is 78.1 Å². The van der Waals surface area contributed by atoms with E-state index in [9.17, 15) is 25.2 Å². The molecule has 2 rings (SSSR count). The van der Waals surface area contributed by atoms with Crippen LogP contribution in [0.2, 0.25) is 0 Å². The van der Waals surface area contributed by atoms with Crippen molar-refractivity contribution in [2.45, 2.75) is 135 Å². The Morgan fingerprint density at radius 2 is 1.59 bits per heavy atom. The van der Waals surface area contributed by atoms with Crippen LogP contribution in [-0.2, 0) is 9.53 Å². The lowest BCUT2D eigenvalue weighted by Gasteiger charge is -2.21. The van der Waals surface area contributed by atoms with Crippen LogP contribution in [-0.4, -0.2) is 54.7 Å². The highest BCUT2D eigenvalue weighted by atomic mass is 16.6. The van der Waals surface area contributed by atoms with Crippen LogP contribution in [0.25, 0.3) is 0 Å². The molecule has 2 unspecified atom stereocenters. The Labute approximate surface area is 231 Å². The number of rotatable bonds is 21. The molecule has 222 valence electrons. The highest BCUT2D eigenvalue weighted by molar-refractivity contribution is 5.69. The van der Waals surface area contributed by atoms with Crippen molar-refractivity contribution in [1.29, 1.82) is 0 Å². The largest absolute Gasteiger partial charge is 0.445 e.